The lowest BCUT2D eigenvalue weighted by Crippen LogP contribution is -2.14. The highest BCUT2D eigenvalue weighted by Gasteiger charge is 2.26. The summed E-state index contributed by atoms with van der Waals surface area (Å²) in [6.07, 6.45) is 0. The van der Waals surface area contributed by atoms with E-state index in [1.165, 1.54) is 0 Å². The van der Waals surface area contributed by atoms with Gasteiger partial charge in [0.15, 0.2) is 0 Å². The molecule has 0 bridgehead atoms. The van der Waals surface area contributed by atoms with Crippen LogP contribution in [0.25, 0.3) is 0 Å². The first-order chi connectivity index (χ1) is 8.70. The van der Waals surface area contributed by atoms with Gasteiger partial charge in [0.05, 0.1) is 11.3 Å². The summed E-state index contributed by atoms with van der Waals surface area (Å²) in [7, 11) is 0. The lowest BCUT2D eigenvalue weighted by molar-refractivity contribution is -0.118. The molecule has 2 rings (SSSR count). The maximum Gasteiger partial charge on any atom is 0.139 e. The van der Waals surface area contributed by atoms with Crippen LogP contribution in [0.3, 0.4) is 0 Å². The van der Waals surface area contributed by atoms with Crippen molar-refractivity contribution in [2.24, 2.45) is 0 Å². The third kappa shape index (κ3) is 2.80. The summed E-state index contributed by atoms with van der Waals surface area (Å²) in [5.74, 6) is -0.208. The second kappa shape index (κ2) is 5.83. The van der Waals surface area contributed by atoms with Gasteiger partial charge in [-0.15, -0.1) is 11.6 Å². The Kier molecular flexibility index (Phi) is 4.16. The van der Waals surface area contributed by atoms with Crippen LogP contribution in [0, 0.1) is 0 Å². The Morgan fingerprint density at radius 3 is 1.78 bits per heavy atom. The second-order valence-corrected chi connectivity index (χ2v) is 4.78. The van der Waals surface area contributed by atoms with Gasteiger partial charge < -0.3 is 0 Å². The first-order valence-corrected chi connectivity index (χ1v) is 6.38. The number of Topliss-reactive ketones (excluding diaryl/α,β-unsaturated/α-hetero) is 1. The van der Waals surface area contributed by atoms with E-state index in [1.54, 1.807) is 6.92 Å². The molecule has 2 aromatic carbocycles. The molecule has 0 N–H and O–H groups in total. The van der Waals surface area contributed by atoms with Crippen LogP contribution < -0.4 is 0 Å². The molecular weight excluding hydrogens is 244 g/mol. The average molecular weight is 259 g/mol. The van der Waals surface area contributed by atoms with Gasteiger partial charge in [0, 0.05) is 0 Å². The summed E-state index contributed by atoms with van der Waals surface area (Å²) >= 11 is 6.48. The van der Waals surface area contributed by atoms with Gasteiger partial charge in [-0.1, -0.05) is 60.7 Å². The van der Waals surface area contributed by atoms with Crippen LogP contribution in [0.15, 0.2) is 60.7 Å². The van der Waals surface area contributed by atoms with Crippen molar-refractivity contribution in [1.82, 2.24) is 0 Å². The summed E-state index contributed by atoms with van der Waals surface area (Å²) in [6, 6.07) is 19.4. The molecule has 2 aromatic rings. The van der Waals surface area contributed by atoms with Crippen LogP contribution in [0.1, 0.15) is 29.3 Å². The van der Waals surface area contributed by atoms with E-state index in [4.69, 9.17) is 11.6 Å². The summed E-state index contributed by atoms with van der Waals surface area (Å²) < 4.78 is 0. The van der Waals surface area contributed by atoms with E-state index >= 15 is 0 Å². The maximum absolute atomic E-state index is 11.9. The summed E-state index contributed by atoms with van der Waals surface area (Å²) in [5.41, 5.74) is 1.94. The third-order valence-electron chi connectivity index (χ3n) is 3.01. The summed E-state index contributed by atoms with van der Waals surface area (Å²) in [6.45, 7) is 1.59. The van der Waals surface area contributed by atoms with Crippen molar-refractivity contribution in [2.75, 3.05) is 0 Å². The van der Waals surface area contributed by atoms with Gasteiger partial charge in [0.1, 0.15) is 5.78 Å². The maximum atomic E-state index is 11.9. The molecule has 1 nitrogen and oxygen atoms in total. The molecule has 0 saturated heterocycles. The van der Waals surface area contributed by atoms with Crippen molar-refractivity contribution in [1.29, 1.82) is 0 Å². The van der Waals surface area contributed by atoms with Crippen LogP contribution in [0.5, 0.6) is 0 Å². The molecule has 0 amide bonds. The molecule has 0 fully saturated rings. The molecule has 0 aliphatic carbocycles. The Balaban J connectivity index is 2.35. The van der Waals surface area contributed by atoms with E-state index in [-0.39, 0.29) is 17.1 Å². The van der Waals surface area contributed by atoms with Crippen molar-refractivity contribution in [2.45, 2.75) is 18.2 Å². The van der Waals surface area contributed by atoms with E-state index in [0.29, 0.717) is 0 Å². The van der Waals surface area contributed by atoms with E-state index in [9.17, 15) is 4.79 Å². The van der Waals surface area contributed by atoms with E-state index in [0.717, 1.165) is 11.1 Å². The number of ketones is 1. The summed E-state index contributed by atoms with van der Waals surface area (Å²) in [4.78, 5) is 11.9. The van der Waals surface area contributed by atoms with Crippen molar-refractivity contribution < 1.29 is 4.79 Å². The number of carbonyl (C=O) groups excluding carboxylic acids is 1. The number of rotatable bonds is 4. The van der Waals surface area contributed by atoms with Gasteiger partial charge in [0.25, 0.3) is 0 Å². The summed E-state index contributed by atoms with van der Waals surface area (Å²) in [5, 5.41) is -0.328. The smallest absolute Gasteiger partial charge is 0.139 e. The highest BCUT2D eigenvalue weighted by atomic mass is 35.5. The first kappa shape index (κ1) is 12.8. The number of alkyl halides is 1. The fraction of sp³-hybridized carbons (Fsp3) is 0.188. The van der Waals surface area contributed by atoms with Crippen molar-refractivity contribution in [3.05, 3.63) is 71.8 Å². The van der Waals surface area contributed by atoms with E-state index in [1.807, 2.05) is 60.7 Å². The Morgan fingerprint density at radius 1 is 0.889 bits per heavy atom. The van der Waals surface area contributed by atoms with Gasteiger partial charge in [-0.05, 0) is 18.1 Å². The number of hydrogen-bond acceptors (Lipinski definition) is 1. The molecule has 92 valence electrons. The minimum Gasteiger partial charge on any atom is -0.299 e. The molecule has 0 aromatic heterocycles. The standard InChI is InChI=1S/C16H15ClO/c1-12(18)15(13-8-4-2-5-9-13)16(17)14-10-6-3-7-11-14/h2-11,15-16H,1H3. The minimum absolute atomic E-state index is 0.0880. The Bertz CT molecular complexity index is 507. The highest BCUT2D eigenvalue weighted by Crippen LogP contribution is 2.36. The largest absolute Gasteiger partial charge is 0.299 e. The van der Waals surface area contributed by atoms with Crippen LogP contribution in [0.4, 0.5) is 0 Å². The molecule has 0 radical (unpaired) electrons. The molecule has 0 heterocycles. The van der Waals surface area contributed by atoms with E-state index < -0.39 is 0 Å². The number of benzene rings is 2. The quantitative estimate of drug-likeness (QED) is 0.746. The predicted molar refractivity (Wildman–Crippen MR) is 74.9 cm³/mol. The zero-order valence-electron chi connectivity index (χ0n) is 10.2. The molecule has 0 saturated carbocycles. The lowest BCUT2D eigenvalue weighted by atomic mass is 9.88. The zero-order chi connectivity index (χ0) is 13.0. The van der Waals surface area contributed by atoms with Gasteiger partial charge in [-0.25, -0.2) is 0 Å². The fourth-order valence-corrected chi connectivity index (χ4v) is 2.57. The molecule has 0 spiro atoms. The number of carbonyl (C=O) groups is 1. The first-order valence-electron chi connectivity index (χ1n) is 5.94. The van der Waals surface area contributed by atoms with Crippen molar-refractivity contribution >= 4 is 17.4 Å². The van der Waals surface area contributed by atoms with Gasteiger partial charge >= 0.3 is 0 Å². The Hall–Kier alpha value is -1.60. The van der Waals surface area contributed by atoms with E-state index in [2.05, 4.69) is 0 Å². The van der Waals surface area contributed by atoms with Crippen LogP contribution in [0.2, 0.25) is 0 Å². The monoisotopic (exact) mass is 258 g/mol. The molecular formula is C16H15ClO. The zero-order valence-corrected chi connectivity index (χ0v) is 11.0. The van der Waals surface area contributed by atoms with Crippen LogP contribution in [-0.2, 0) is 4.79 Å². The fourth-order valence-electron chi connectivity index (χ4n) is 2.10. The molecule has 2 unspecified atom stereocenters. The Labute approximate surface area is 112 Å². The second-order valence-electron chi connectivity index (χ2n) is 4.31. The molecule has 0 aliphatic rings. The van der Waals surface area contributed by atoms with Crippen LogP contribution in [-0.4, -0.2) is 5.78 Å². The van der Waals surface area contributed by atoms with Crippen LogP contribution >= 0.6 is 11.6 Å². The predicted octanol–water partition coefficient (Wildman–Crippen LogP) is 4.34. The highest BCUT2D eigenvalue weighted by molar-refractivity contribution is 6.23. The van der Waals surface area contributed by atoms with Gasteiger partial charge in [-0.2, -0.15) is 0 Å². The Morgan fingerprint density at radius 2 is 1.33 bits per heavy atom. The topological polar surface area (TPSA) is 17.1 Å². The molecule has 2 atom stereocenters. The van der Waals surface area contributed by atoms with Gasteiger partial charge in [-0.3, -0.25) is 4.79 Å². The molecule has 18 heavy (non-hydrogen) atoms. The average Bonchev–Trinajstić information content (AvgIpc) is 2.40. The number of hydrogen-bond donors (Lipinski definition) is 0. The molecule has 2 heteroatoms. The van der Waals surface area contributed by atoms with Crippen molar-refractivity contribution in [3.8, 4) is 0 Å². The SMILES string of the molecule is CC(=O)C(c1ccccc1)C(Cl)c1ccccc1. The lowest BCUT2D eigenvalue weighted by Gasteiger charge is -2.20. The third-order valence-corrected chi connectivity index (χ3v) is 3.51. The van der Waals surface area contributed by atoms with Gasteiger partial charge in [0.2, 0.25) is 0 Å². The minimum atomic E-state index is -0.328. The van der Waals surface area contributed by atoms with Crippen molar-refractivity contribution in [3.63, 3.8) is 0 Å². The normalized spacial score (nSPS) is 13.9. The number of halogens is 1. The molecule has 0 aliphatic heterocycles.